The Hall–Kier alpha value is -5.01. The summed E-state index contributed by atoms with van der Waals surface area (Å²) in [6, 6.07) is 26.1. The minimum Gasteiger partial charge on any atom is -0.467 e. The molecule has 0 aromatic heterocycles. The maximum absolute atomic E-state index is 15.1. The lowest BCUT2D eigenvalue weighted by molar-refractivity contribution is -0.149. The van der Waals surface area contributed by atoms with Crippen LogP contribution >= 0.6 is 11.8 Å². The van der Waals surface area contributed by atoms with Crippen LogP contribution in [0.3, 0.4) is 0 Å². The molecule has 3 aliphatic rings. The van der Waals surface area contributed by atoms with Crippen molar-refractivity contribution in [3.8, 4) is 0 Å². The van der Waals surface area contributed by atoms with E-state index in [1.54, 1.807) is 21.6 Å². The van der Waals surface area contributed by atoms with Crippen LogP contribution in [0, 0.1) is 29.6 Å². The summed E-state index contributed by atoms with van der Waals surface area (Å²) in [6.07, 6.45) is 6.74. The first-order valence-corrected chi connectivity index (χ1v) is 26.5. The third kappa shape index (κ3) is 12.3. The third-order valence-corrected chi connectivity index (χ3v) is 16.9. The summed E-state index contributed by atoms with van der Waals surface area (Å²) >= 11 is 1.56. The van der Waals surface area contributed by atoms with E-state index in [9.17, 15) is 24.0 Å². The number of hydrogen-bond acceptors (Lipinski definition) is 9. The van der Waals surface area contributed by atoms with E-state index in [4.69, 9.17) is 10.5 Å². The Bertz CT molecular complexity index is 2100. The summed E-state index contributed by atoms with van der Waals surface area (Å²) in [5, 5.41) is 6.16. The lowest BCUT2D eigenvalue weighted by atomic mass is 9.84. The quantitative estimate of drug-likeness (QED) is 0.0667. The normalized spacial score (nSPS) is 21.9. The number of fused-ring (bicyclic) bond motifs is 1. The van der Waals surface area contributed by atoms with Crippen molar-refractivity contribution in [1.29, 1.82) is 0 Å². The van der Waals surface area contributed by atoms with E-state index in [0.717, 1.165) is 42.4 Å². The summed E-state index contributed by atoms with van der Waals surface area (Å²) in [7, 11) is 1.30. The Morgan fingerprint density at radius 3 is 1.83 bits per heavy atom. The summed E-state index contributed by atoms with van der Waals surface area (Å²) < 4.78 is 4.37. The summed E-state index contributed by atoms with van der Waals surface area (Å²) in [5.74, 6) is -3.12. The number of hydrogen-bond donors (Lipinski definition) is 3. The minimum absolute atomic E-state index is 0.127. The standard InChI is InChI=1S/C56H77N5O7S/c1-8-37(5)49(58-52(64)47-33-39-22-19-20-29-45(39)61(47)54(66)46-30-21-31-60(46)53(65)44(57)32-36(3)4)48(62)34-40(51(63)59-50(38(6)9-2)55(67)68-7)35-69-56(41-23-13-10-14-24-41,42-25-15-11-16-26-42)43-27-17-12-18-28-43/h10-18,23-28,36-40,44-47,49-50H,8-9,19-22,29-35,57H2,1-7H3,(H,58,64)(H,59,63)/t37-,38-,39-,40-,44-,45-,46-,47-,49-,50-/m0/s1. The number of carbonyl (C=O) groups is 6. The monoisotopic (exact) mass is 964 g/mol. The van der Waals surface area contributed by atoms with E-state index >= 15 is 4.79 Å². The van der Waals surface area contributed by atoms with Gasteiger partial charge in [-0.2, -0.15) is 0 Å². The molecule has 374 valence electrons. The molecule has 3 aromatic rings. The number of amides is 4. The Balaban J connectivity index is 1.33. The molecule has 12 nitrogen and oxygen atoms in total. The molecule has 2 aliphatic heterocycles. The summed E-state index contributed by atoms with van der Waals surface area (Å²) in [6.45, 7) is 12.2. The van der Waals surface area contributed by atoms with Gasteiger partial charge >= 0.3 is 5.97 Å². The number of esters is 1. The fourth-order valence-electron chi connectivity index (χ4n) is 11.0. The maximum Gasteiger partial charge on any atom is 0.328 e. The van der Waals surface area contributed by atoms with Crippen molar-refractivity contribution in [3.63, 3.8) is 0 Å². The van der Waals surface area contributed by atoms with E-state index in [-0.39, 0.29) is 59.5 Å². The zero-order chi connectivity index (χ0) is 49.8. The molecule has 1 aliphatic carbocycles. The molecule has 4 amide bonds. The van der Waals surface area contributed by atoms with Gasteiger partial charge in [-0.1, -0.05) is 158 Å². The number of rotatable bonds is 22. The first kappa shape index (κ1) is 53.3. The fourth-order valence-corrected chi connectivity index (χ4v) is 12.6. The van der Waals surface area contributed by atoms with Gasteiger partial charge in [0, 0.05) is 24.8 Å². The number of Topliss-reactive ketones (excluding diaryl/α,β-unsaturated/α-hetero) is 1. The second kappa shape index (κ2) is 24.7. The van der Waals surface area contributed by atoms with Gasteiger partial charge in [0.15, 0.2) is 5.78 Å². The van der Waals surface area contributed by atoms with Crippen LogP contribution in [-0.2, 0) is 38.3 Å². The molecular formula is C56H77N5O7S. The average molecular weight is 964 g/mol. The van der Waals surface area contributed by atoms with Crippen molar-refractivity contribution >= 4 is 47.1 Å². The number of benzene rings is 3. The van der Waals surface area contributed by atoms with E-state index in [1.807, 2.05) is 96.1 Å². The molecule has 13 heteroatoms. The Morgan fingerprint density at radius 2 is 1.29 bits per heavy atom. The highest BCUT2D eigenvalue weighted by Crippen LogP contribution is 2.49. The average Bonchev–Trinajstić information content (AvgIpc) is 4.03. The number of nitrogens with zero attached hydrogens (tertiary/aromatic N) is 2. The van der Waals surface area contributed by atoms with Crippen molar-refractivity contribution in [2.75, 3.05) is 19.4 Å². The number of ether oxygens (including phenoxy) is 1. The van der Waals surface area contributed by atoms with Crippen LogP contribution in [0.15, 0.2) is 91.0 Å². The number of thioether (sulfide) groups is 1. The van der Waals surface area contributed by atoms with Crippen molar-refractivity contribution in [2.24, 2.45) is 35.3 Å². The van der Waals surface area contributed by atoms with Gasteiger partial charge in [0.05, 0.1) is 29.9 Å². The van der Waals surface area contributed by atoms with E-state index in [1.165, 1.54) is 7.11 Å². The predicted octanol–water partition coefficient (Wildman–Crippen LogP) is 8.05. The molecule has 3 fully saturated rings. The lowest BCUT2D eigenvalue weighted by Crippen LogP contribution is -2.59. The van der Waals surface area contributed by atoms with Gasteiger partial charge in [0.25, 0.3) is 0 Å². The molecule has 0 unspecified atom stereocenters. The van der Waals surface area contributed by atoms with Gasteiger partial charge in [0.2, 0.25) is 23.6 Å². The molecule has 0 radical (unpaired) electrons. The molecule has 2 saturated heterocycles. The van der Waals surface area contributed by atoms with Gasteiger partial charge in [-0.15, -0.1) is 11.8 Å². The first-order chi connectivity index (χ1) is 33.2. The zero-order valence-electron chi connectivity index (χ0n) is 41.9. The highest BCUT2D eigenvalue weighted by atomic mass is 32.2. The largest absolute Gasteiger partial charge is 0.467 e. The number of methoxy groups -OCH3 is 1. The van der Waals surface area contributed by atoms with Crippen LogP contribution in [0.5, 0.6) is 0 Å². The molecule has 0 spiro atoms. The highest BCUT2D eigenvalue weighted by Gasteiger charge is 2.51. The van der Waals surface area contributed by atoms with Crippen LogP contribution in [0.25, 0.3) is 0 Å². The smallest absolute Gasteiger partial charge is 0.328 e. The van der Waals surface area contributed by atoms with E-state index in [2.05, 4.69) is 47.0 Å². The zero-order valence-corrected chi connectivity index (χ0v) is 42.8. The summed E-state index contributed by atoms with van der Waals surface area (Å²) in [4.78, 5) is 90.1. The molecular weight excluding hydrogens is 887 g/mol. The van der Waals surface area contributed by atoms with Crippen molar-refractivity contribution < 1.29 is 33.5 Å². The number of nitrogens with two attached hydrogens (primary N) is 1. The van der Waals surface area contributed by atoms with Crippen molar-refractivity contribution in [1.82, 2.24) is 20.4 Å². The lowest BCUT2D eigenvalue weighted by Gasteiger charge is -2.38. The topological polar surface area (TPSA) is 168 Å². The van der Waals surface area contributed by atoms with Crippen LogP contribution in [-0.4, -0.2) is 101 Å². The van der Waals surface area contributed by atoms with Gasteiger partial charge in [-0.05, 0) is 78.9 Å². The Morgan fingerprint density at radius 1 is 0.739 bits per heavy atom. The second-order valence-electron chi connectivity index (χ2n) is 20.3. The Labute approximate surface area is 415 Å². The SMILES string of the molecule is CC[C@H](C)[C@H](NC(=O)[C@@H]1C[C@@H]2CCCC[C@@H]2N1C(=O)[C@@H]1CCCN1C(=O)[C@@H](N)CC(C)C)C(=O)C[C@@H](CSC(c1ccccc1)(c1ccccc1)c1ccccc1)C(=O)N[C@H](C(=O)OC)[C@@H](C)CC. The van der Waals surface area contributed by atoms with E-state index < -0.39 is 58.7 Å². The molecule has 2 heterocycles. The first-order valence-electron chi connectivity index (χ1n) is 25.6. The van der Waals surface area contributed by atoms with Gasteiger partial charge in [-0.3, -0.25) is 24.0 Å². The van der Waals surface area contributed by atoms with Crippen LogP contribution in [0.2, 0.25) is 0 Å². The van der Waals surface area contributed by atoms with Gasteiger partial charge < -0.3 is 30.9 Å². The Kier molecular flexibility index (Phi) is 19.1. The molecule has 3 aromatic carbocycles. The van der Waals surface area contributed by atoms with Crippen LogP contribution < -0.4 is 16.4 Å². The van der Waals surface area contributed by atoms with Gasteiger partial charge in [-0.25, -0.2) is 4.79 Å². The molecule has 4 N–H and O–H groups in total. The molecule has 69 heavy (non-hydrogen) atoms. The third-order valence-electron chi connectivity index (χ3n) is 15.2. The molecule has 1 saturated carbocycles. The number of likely N-dealkylation sites (tertiary alicyclic amines) is 2. The highest BCUT2D eigenvalue weighted by molar-refractivity contribution is 8.00. The predicted molar refractivity (Wildman–Crippen MR) is 273 cm³/mol. The van der Waals surface area contributed by atoms with Crippen molar-refractivity contribution in [3.05, 3.63) is 108 Å². The number of ketones is 1. The van der Waals surface area contributed by atoms with E-state index in [0.29, 0.717) is 45.1 Å². The maximum atomic E-state index is 15.1. The number of nitrogens with one attached hydrogen (secondary N) is 2. The minimum atomic E-state index is -0.964. The number of carbonyl (C=O) groups excluding carboxylic acids is 6. The molecule has 6 rings (SSSR count). The molecule has 0 bridgehead atoms. The van der Waals surface area contributed by atoms with Crippen molar-refractivity contribution in [2.45, 2.75) is 153 Å². The van der Waals surface area contributed by atoms with Gasteiger partial charge in [0.1, 0.15) is 18.1 Å². The van der Waals surface area contributed by atoms with Crippen LogP contribution in [0.4, 0.5) is 0 Å². The second-order valence-corrected chi connectivity index (χ2v) is 21.5. The fraction of sp³-hybridized carbons (Fsp3) is 0.571. The van der Waals surface area contributed by atoms with Crippen LogP contribution in [0.1, 0.15) is 129 Å². The molecule has 10 atom stereocenters. The summed E-state index contributed by atoms with van der Waals surface area (Å²) in [5.41, 5.74) is 9.38.